The Hall–Kier alpha value is -2.62. The van der Waals surface area contributed by atoms with Gasteiger partial charge >= 0.3 is 0 Å². The number of hydrogen-bond acceptors (Lipinski definition) is 2. The van der Waals surface area contributed by atoms with Crippen molar-refractivity contribution in [2.24, 2.45) is 0 Å². The normalized spacial score (nSPS) is 10.6. The van der Waals surface area contributed by atoms with E-state index in [0.29, 0.717) is 12.2 Å². The first-order chi connectivity index (χ1) is 10.2. The van der Waals surface area contributed by atoms with Gasteiger partial charge in [0.1, 0.15) is 5.82 Å². The van der Waals surface area contributed by atoms with Gasteiger partial charge < -0.3 is 5.32 Å². The molecule has 0 amide bonds. The summed E-state index contributed by atoms with van der Waals surface area (Å²) in [4.78, 5) is 0. The monoisotopic (exact) mass is 281 g/mol. The molecular weight excluding hydrogens is 265 g/mol. The van der Waals surface area contributed by atoms with Crippen molar-refractivity contribution in [2.45, 2.75) is 13.5 Å². The van der Waals surface area contributed by atoms with Crippen LogP contribution in [0.5, 0.6) is 0 Å². The maximum Gasteiger partial charge on any atom is 0.146 e. The lowest BCUT2D eigenvalue weighted by Crippen LogP contribution is -2.03. The van der Waals surface area contributed by atoms with Crippen molar-refractivity contribution in [3.05, 3.63) is 77.9 Å². The van der Waals surface area contributed by atoms with E-state index in [0.717, 1.165) is 16.9 Å². The third-order valence-electron chi connectivity index (χ3n) is 3.25. The topological polar surface area (TPSA) is 29.9 Å². The second-order valence-corrected chi connectivity index (χ2v) is 4.92. The maximum atomic E-state index is 13.7. The average molecular weight is 281 g/mol. The van der Waals surface area contributed by atoms with Gasteiger partial charge in [-0.05, 0) is 42.8 Å². The Morgan fingerprint density at radius 2 is 1.90 bits per heavy atom. The number of anilines is 1. The fourth-order valence-electron chi connectivity index (χ4n) is 2.14. The molecule has 0 aliphatic rings. The first kappa shape index (κ1) is 13.4. The second kappa shape index (κ2) is 5.79. The maximum absolute atomic E-state index is 13.7. The highest BCUT2D eigenvalue weighted by molar-refractivity contribution is 5.47. The van der Waals surface area contributed by atoms with E-state index in [9.17, 15) is 4.39 Å². The molecule has 3 aromatic rings. The van der Waals surface area contributed by atoms with Gasteiger partial charge in [-0.25, -0.2) is 9.07 Å². The Kier molecular flexibility index (Phi) is 3.69. The largest absolute Gasteiger partial charge is 0.377 e. The van der Waals surface area contributed by atoms with Crippen molar-refractivity contribution in [3.8, 4) is 5.69 Å². The molecule has 106 valence electrons. The molecule has 4 heteroatoms. The van der Waals surface area contributed by atoms with Crippen LogP contribution in [0.3, 0.4) is 0 Å². The van der Waals surface area contributed by atoms with E-state index in [1.54, 1.807) is 12.1 Å². The van der Waals surface area contributed by atoms with Crippen molar-refractivity contribution in [1.29, 1.82) is 0 Å². The van der Waals surface area contributed by atoms with Crippen LogP contribution in [-0.2, 0) is 6.54 Å². The van der Waals surface area contributed by atoms with E-state index >= 15 is 0 Å². The molecule has 21 heavy (non-hydrogen) atoms. The molecule has 0 atom stereocenters. The van der Waals surface area contributed by atoms with Gasteiger partial charge in [0.2, 0.25) is 0 Å². The molecule has 3 rings (SSSR count). The summed E-state index contributed by atoms with van der Waals surface area (Å²) < 4.78 is 15.5. The zero-order valence-electron chi connectivity index (χ0n) is 11.8. The van der Waals surface area contributed by atoms with Crippen LogP contribution in [0.4, 0.5) is 10.1 Å². The minimum atomic E-state index is -0.247. The standard InChI is InChI=1S/C17H16FN3/c1-13-7-8-16(18)17(11-13)19-12-14-9-10-21(20-14)15-5-3-2-4-6-15/h2-11,19H,12H2,1H3. The van der Waals surface area contributed by atoms with Crippen molar-refractivity contribution in [1.82, 2.24) is 9.78 Å². The molecule has 3 nitrogen and oxygen atoms in total. The van der Waals surface area contributed by atoms with Crippen molar-refractivity contribution >= 4 is 5.69 Å². The van der Waals surface area contributed by atoms with Crippen LogP contribution in [0, 0.1) is 12.7 Å². The summed E-state index contributed by atoms with van der Waals surface area (Å²) in [5.74, 6) is -0.247. The number of benzene rings is 2. The highest BCUT2D eigenvalue weighted by atomic mass is 19.1. The van der Waals surface area contributed by atoms with Gasteiger partial charge in [0.15, 0.2) is 0 Å². The molecule has 2 aromatic carbocycles. The Morgan fingerprint density at radius 1 is 1.10 bits per heavy atom. The predicted molar refractivity (Wildman–Crippen MR) is 82.0 cm³/mol. The molecule has 0 bridgehead atoms. The predicted octanol–water partition coefficient (Wildman–Crippen LogP) is 3.93. The first-order valence-electron chi connectivity index (χ1n) is 6.82. The Balaban J connectivity index is 1.72. The van der Waals surface area contributed by atoms with Crippen molar-refractivity contribution in [2.75, 3.05) is 5.32 Å². The highest BCUT2D eigenvalue weighted by Crippen LogP contribution is 2.16. The summed E-state index contributed by atoms with van der Waals surface area (Å²) in [7, 11) is 0. The molecule has 0 radical (unpaired) electrons. The lowest BCUT2D eigenvalue weighted by molar-refractivity contribution is 0.629. The van der Waals surface area contributed by atoms with E-state index in [1.807, 2.05) is 54.2 Å². The molecule has 0 saturated heterocycles. The van der Waals surface area contributed by atoms with Gasteiger partial charge in [0.05, 0.1) is 23.6 Å². The molecule has 0 unspecified atom stereocenters. The van der Waals surface area contributed by atoms with E-state index in [1.165, 1.54) is 6.07 Å². The number of halogens is 1. The zero-order chi connectivity index (χ0) is 14.7. The van der Waals surface area contributed by atoms with Gasteiger partial charge in [0, 0.05) is 6.20 Å². The number of hydrogen-bond donors (Lipinski definition) is 1. The SMILES string of the molecule is Cc1ccc(F)c(NCc2ccn(-c3ccccc3)n2)c1. The second-order valence-electron chi connectivity index (χ2n) is 4.92. The fraction of sp³-hybridized carbons (Fsp3) is 0.118. The van der Waals surface area contributed by atoms with Crippen LogP contribution in [-0.4, -0.2) is 9.78 Å². The fourth-order valence-corrected chi connectivity index (χ4v) is 2.14. The summed E-state index contributed by atoms with van der Waals surface area (Å²) in [6.07, 6.45) is 1.90. The van der Waals surface area contributed by atoms with Crippen LogP contribution in [0.1, 0.15) is 11.3 Å². The summed E-state index contributed by atoms with van der Waals surface area (Å²) in [6.45, 7) is 2.43. The van der Waals surface area contributed by atoms with Crippen molar-refractivity contribution in [3.63, 3.8) is 0 Å². The lowest BCUT2D eigenvalue weighted by atomic mass is 10.2. The molecule has 0 spiro atoms. The van der Waals surface area contributed by atoms with E-state index in [4.69, 9.17) is 0 Å². The zero-order valence-corrected chi connectivity index (χ0v) is 11.8. The molecular formula is C17H16FN3. The number of aryl methyl sites for hydroxylation is 1. The molecule has 0 fully saturated rings. The Bertz CT molecular complexity index is 735. The first-order valence-corrected chi connectivity index (χ1v) is 6.82. The Labute approximate surface area is 123 Å². The average Bonchev–Trinajstić information content (AvgIpc) is 2.98. The number of rotatable bonds is 4. The summed E-state index contributed by atoms with van der Waals surface area (Å²) in [5.41, 5.74) is 3.39. The van der Waals surface area contributed by atoms with Gasteiger partial charge in [0.25, 0.3) is 0 Å². The van der Waals surface area contributed by atoms with E-state index in [-0.39, 0.29) is 5.82 Å². The molecule has 1 N–H and O–H groups in total. The third-order valence-corrected chi connectivity index (χ3v) is 3.25. The summed E-state index contributed by atoms with van der Waals surface area (Å²) >= 11 is 0. The smallest absolute Gasteiger partial charge is 0.146 e. The number of aromatic nitrogens is 2. The molecule has 0 saturated carbocycles. The third kappa shape index (κ3) is 3.11. The highest BCUT2D eigenvalue weighted by Gasteiger charge is 2.04. The van der Waals surface area contributed by atoms with Gasteiger partial charge in [-0.15, -0.1) is 0 Å². The minimum Gasteiger partial charge on any atom is -0.377 e. The van der Waals surface area contributed by atoms with E-state index < -0.39 is 0 Å². The molecule has 0 aliphatic carbocycles. The summed E-state index contributed by atoms with van der Waals surface area (Å²) in [5, 5.41) is 7.56. The Morgan fingerprint density at radius 3 is 2.71 bits per heavy atom. The van der Waals surface area contributed by atoms with E-state index in [2.05, 4.69) is 10.4 Å². The van der Waals surface area contributed by atoms with Gasteiger partial charge in [-0.2, -0.15) is 5.10 Å². The minimum absolute atomic E-state index is 0.247. The van der Waals surface area contributed by atoms with Crippen LogP contribution >= 0.6 is 0 Å². The number of nitrogens with zero attached hydrogens (tertiary/aromatic N) is 2. The van der Waals surface area contributed by atoms with Crippen LogP contribution in [0.15, 0.2) is 60.8 Å². The van der Waals surface area contributed by atoms with Gasteiger partial charge in [-0.3, -0.25) is 0 Å². The quantitative estimate of drug-likeness (QED) is 0.785. The lowest BCUT2D eigenvalue weighted by Gasteiger charge is -2.07. The van der Waals surface area contributed by atoms with Crippen molar-refractivity contribution < 1.29 is 4.39 Å². The molecule has 1 heterocycles. The number of nitrogens with one attached hydrogen (secondary N) is 1. The van der Waals surface area contributed by atoms with Crippen LogP contribution in [0.25, 0.3) is 5.69 Å². The van der Waals surface area contributed by atoms with Crippen LogP contribution < -0.4 is 5.32 Å². The van der Waals surface area contributed by atoms with Gasteiger partial charge in [-0.1, -0.05) is 24.3 Å². The summed E-state index contributed by atoms with van der Waals surface area (Å²) in [6, 6.07) is 16.8. The molecule has 0 aliphatic heterocycles. The molecule has 1 aromatic heterocycles. The van der Waals surface area contributed by atoms with Crippen LogP contribution in [0.2, 0.25) is 0 Å². The number of para-hydroxylation sites is 1.